The Hall–Kier alpha value is -0.880. The van der Waals surface area contributed by atoms with E-state index < -0.39 is 5.91 Å². The van der Waals surface area contributed by atoms with E-state index in [0.29, 0.717) is 22.9 Å². The second-order valence-corrected chi connectivity index (χ2v) is 6.99. The number of carbonyl (C=O) groups is 2. The van der Waals surface area contributed by atoms with Gasteiger partial charge in [-0.25, -0.2) is 0 Å². The topological polar surface area (TPSA) is 72.2 Å². The molecule has 1 aromatic heterocycles. The van der Waals surface area contributed by atoms with Gasteiger partial charge < -0.3 is 11.1 Å². The van der Waals surface area contributed by atoms with Crippen LogP contribution in [0, 0.1) is 5.92 Å². The van der Waals surface area contributed by atoms with Gasteiger partial charge in [-0.2, -0.15) is 0 Å². The molecule has 4 nitrogen and oxygen atoms in total. The maximum absolute atomic E-state index is 11.9. The Kier molecular flexibility index (Phi) is 4.40. The molecule has 0 aliphatic heterocycles. The van der Waals surface area contributed by atoms with Crippen molar-refractivity contribution in [3.8, 4) is 0 Å². The molecular formula is C12H15BrN2O2S. The van der Waals surface area contributed by atoms with Gasteiger partial charge in [0.25, 0.3) is 5.91 Å². The van der Waals surface area contributed by atoms with Crippen LogP contribution in [-0.2, 0) is 4.79 Å². The van der Waals surface area contributed by atoms with Gasteiger partial charge in [-0.05, 0) is 40.8 Å². The van der Waals surface area contributed by atoms with Gasteiger partial charge in [0.05, 0.1) is 9.47 Å². The summed E-state index contributed by atoms with van der Waals surface area (Å²) in [6, 6.07) is 1.72. The third-order valence-electron chi connectivity index (χ3n) is 3.15. The first-order valence-corrected chi connectivity index (χ1v) is 7.56. The average molecular weight is 331 g/mol. The molecule has 1 aliphatic rings. The number of thiophene rings is 1. The molecule has 0 saturated heterocycles. The molecule has 0 bridgehead atoms. The molecule has 6 heteroatoms. The third kappa shape index (κ3) is 3.32. The second kappa shape index (κ2) is 5.84. The highest BCUT2D eigenvalue weighted by molar-refractivity contribution is 9.11. The number of hydrogen-bond donors (Lipinski definition) is 2. The van der Waals surface area contributed by atoms with E-state index in [9.17, 15) is 9.59 Å². The number of anilines is 1. The van der Waals surface area contributed by atoms with Gasteiger partial charge in [-0.1, -0.05) is 12.8 Å². The van der Waals surface area contributed by atoms with Gasteiger partial charge in [-0.3, -0.25) is 9.59 Å². The molecule has 0 radical (unpaired) electrons. The zero-order valence-electron chi connectivity index (χ0n) is 9.87. The first kappa shape index (κ1) is 13.5. The predicted octanol–water partition coefficient (Wildman–Crippen LogP) is 3.13. The summed E-state index contributed by atoms with van der Waals surface area (Å²) < 4.78 is 0.785. The zero-order chi connectivity index (χ0) is 13.1. The fourth-order valence-corrected chi connectivity index (χ4v) is 3.72. The summed E-state index contributed by atoms with van der Waals surface area (Å²) in [5.41, 5.74) is 5.78. The first-order chi connectivity index (χ1) is 8.56. The molecule has 1 fully saturated rings. The summed E-state index contributed by atoms with van der Waals surface area (Å²) in [6.45, 7) is 0. The molecule has 1 aromatic rings. The zero-order valence-corrected chi connectivity index (χ0v) is 12.3. The number of carbonyl (C=O) groups excluding carboxylic acids is 2. The van der Waals surface area contributed by atoms with Gasteiger partial charge in [0.15, 0.2) is 0 Å². The normalized spacial score (nSPS) is 15.8. The monoisotopic (exact) mass is 330 g/mol. The lowest BCUT2D eigenvalue weighted by molar-refractivity contribution is -0.117. The van der Waals surface area contributed by atoms with Crippen LogP contribution in [0.2, 0.25) is 0 Å². The quantitative estimate of drug-likeness (QED) is 0.890. The van der Waals surface area contributed by atoms with E-state index >= 15 is 0 Å². The molecule has 0 atom stereocenters. The molecule has 1 aliphatic carbocycles. The number of primary amides is 1. The number of hydrogen-bond acceptors (Lipinski definition) is 3. The third-order valence-corrected chi connectivity index (χ3v) is 4.80. The second-order valence-electron chi connectivity index (χ2n) is 4.56. The van der Waals surface area contributed by atoms with Crippen molar-refractivity contribution in [1.29, 1.82) is 0 Å². The van der Waals surface area contributed by atoms with Crippen LogP contribution in [0.5, 0.6) is 0 Å². The molecule has 18 heavy (non-hydrogen) atoms. The van der Waals surface area contributed by atoms with Gasteiger partial charge in [0.2, 0.25) is 5.91 Å². The van der Waals surface area contributed by atoms with Crippen molar-refractivity contribution < 1.29 is 9.59 Å². The van der Waals surface area contributed by atoms with Gasteiger partial charge in [0.1, 0.15) is 4.88 Å². The van der Waals surface area contributed by atoms with Crippen molar-refractivity contribution in [2.75, 3.05) is 5.32 Å². The average Bonchev–Trinajstić information content (AvgIpc) is 2.88. The highest BCUT2D eigenvalue weighted by Crippen LogP contribution is 2.32. The van der Waals surface area contributed by atoms with Crippen molar-refractivity contribution in [2.24, 2.45) is 11.7 Å². The minimum absolute atomic E-state index is 0.0327. The molecule has 0 spiro atoms. The molecule has 1 heterocycles. The molecule has 3 N–H and O–H groups in total. The van der Waals surface area contributed by atoms with Gasteiger partial charge in [-0.15, -0.1) is 11.3 Å². The molecular weight excluding hydrogens is 316 g/mol. The summed E-state index contributed by atoms with van der Waals surface area (Å²) in [5.74, 6) is -0.0549. The first-order valence-electron chi connectivity index (χ1n) is 5.95. The smallest absolute Gasteiger partial charge is 0.260 e. The largest absolute Gasteiger partial charge is 0.365 e. The fraction of sp³-hybridized carbons (Fsp3) is 0.500. The molecule has 0 aromatic carbocycles. The standard InChI is InChI=1S/C12H15BrN2O2S/c13-9-6-8(11(18-9)12(14)17)15-10(16)5-7-3-1-2-4-7/h6-7H,1-5H2,(H2,14,17)(H,15,16). The summed E-state index contributed by atoms with van der Waals surface area (Å²) >= 11 is 4.52. The number of nitrogens with one attached hydrogen (secondary N) is 1. The van der Waals surface area contributed by atoms with Crippen molar-refractivity contribution in [2.45, 2.75) is 32.1 Å². The van der Waals surface area contributed by atoms with E-state index in [1.54, 1.807) is 6.07 Å². The lowest BCUT2D eigenvalue weighted by atomic mass is 10.0. The summed E-state index contributed by atoms with van der Waals surface area (Å²) in [4.78, 5) is 23.5. The number of halogens is 1. The van der Waals surface area contributed by atoms with Gasteiger partial charge in [0, 0.05) is 6.42 Å². The summed E-state index contributed by atoms with van der Waals surface area (Å²) in [7, 11) is 0. The molecule has 98 valence electrons. The van der Waals surface area contributed by atoms with Crippen LogP contribution in [0.1, 0.15) is 41.8 Å². The van der Waals surface area contributed by atoms with Crippen LogP contribution < -0.4 is 11.1 Å². The fourth-order valence-electron chi connectivity index (χ4n) is 2.31. The maximum Gasteiger partial charge on any atom is 0.260 e. The summed E-state index contributed by atoms with van der Waals surface area (Å²) in [5, 5.41) is 2.78. The Morgan fingerprint density at radius 2 is 2.11 bits per heavy atom. The molecule has 2 rings (SSSR count). The van der Waals surface area contributed by atoms with E-state index in [4.69, 9.17) is 5.73 Å². The Morgan fingerprint density at radius 3 is 2.72 bits per heavy atom. The summed E-state index contributed by atoms with van der Waals surface area (Å²) in [6.07, 6.45) is 5.22. The van der Waals surface area contributed by atoms with Crippen LogP contribution in [0.3, 0.4) is 0 Å². The number of nitrogens with two attached hydrogens (primary N) is 1. The minimum Gasteiger partial charge on any atom is -0.365 e. The lowest BCUT2D eigenvalue weighted by Crippen LogP contribution is -2.18. The van der Waals surface area contributed by atoms with Crippen LogP contribution in [0.4, 0.5) is 5.69 Å². The molecule has 2 amide bonds. The van der Waals surface area contributed by atoms with Crippen molar-refractivity contribution >= 4 is 44.8 Å². The number of rotatable bonds is 4. The van der Waals surface area contributed by atoms with Crippen LogP contribution in [0.25, 0.3) is 0 Å². The van der Waals surface area contributed by atoms with Crippen molar-refractivity contribution in [3.05, 3.63) is 14.7 Å². The Morgan fingerprint density at radius 1 is 1.44 bits per heavy atom. The Labute approximate surface area is 118 Å². The van der Waals surface area contributed by atoms with Crippen LogP contribution >= 0.6 is 27.3 Å². The lowest BCUT2D eigenvalue weighted by Gasteiger charge is -2.09. The van der Waals surface area contributed by atoms with E-state index in [2.05, 4.69) is 21.2 Å². The maximum atomic E-state index is 11.9. The van der Waals surface area contributed by atoms with Crippen molar-refractivity contribution in [1.82, 2.24) is 0 Å². The molecule has 1 saturated carbocycles. The highest BCUT2D eigenvalue weighted by atomic mass is 79.9. The Balaban J connectivity index is 1.99. The predicted molar refractivity (Wildman–Crippen MR) is 75.7 cm³/mol. The van der Waals surface area contributed by atoms with Crippen LogP contribution in [0.15, 0.2) is 9.85 Å². The van der Waals surface area contributed by atoms with E-state index in [-0.39, 0.29) is 5.91 Å². The van der Waals surface area contributed by atoms with E-state index in [1.165, 1.54) is 24.2 Å². The number of amides is 2. The molecule has 0 unspecified atom stereocenters. The van der Waals surface area contributed by atoms with E-state index in [0.717, 1.165) is 16.6 Å². The highest BCUT2D eigenvalue weighted by Gasteiger charge is 2.20. The Bertz CT molecular complexity index is 467. The SMILES string of the molecule is NC(=O)c1sc(Br)cc1NC(=O)CC1CCCC1. The minimum atomic E-state index is -0.512. The van der Waals surface area contributed by atoms with E-state index in [1.807, 2.05) is 0 Å². The van der Waals surface area contributed by atoms with Crippen LogP contribution in [-0.4, -0.2) is 11.8 Å². The van der Waals surface area contributed by atoms with Gasteiger partial charge >= 0.3 is 0 Å². The van der Waals surface area contributed by atoms with Crippen molar-refractivity contribution in [3.63, 3.8) is 0 Å².